The van der Waals surface area contributed by atoms with E-state index >= 15 is 0 Å². The molecule has 346 valence electrons. The van der Waals surface area contributed by atoms with Gasteiger partial charge in [-0.3, -0.25) is 9.59 Å². The number of ether oxygens (including phenoxy) is 1. The third kappa shape index (κ3) is 42.0. The highest BCUT2D eigenvalue weighted by Crippen LogP contribution is 2.17. The number of hydrogen-bond donors (Lipinski definition) is 3. The molecule has 6 heteroatoms. The predicted octanol–water partition coefficient (Wildman–Crippen LogP) is 15.0. The topological polar surface area (TPSA) is 95.9 Å². The van der Waals surface area contributed by atoms with Crippen LogP contribution in [0.2, 0.25) is 0 Å². The molecule has 0 rings (SSSR count). The zero-order valence-corrected chi connectivity index (χ0v) is 39.3. The van der Waals surface area contributed by atoms with E-state index in [2.05, 4.69) is 92.9 Å². The Hall–Kier alpha value is -2.70. The molecule has 0 aromatic heterocycles. The lowest BCUT2D eigenvalue weighted by atomic mass is 10.0. The maximum Gasteiger partial charge on any atom is 0.306 e. The fraction of sp³-hybridized carbons (Fsp3) is 0.741. The molecule has 1 amide bonds. The second-order valence-electron chi connectivity index (χ2n) is 17.0. The van der Waals surface area contributed by atoms with Crippen LogP contribution in [0.3, 0.4) is 0 Å². The molecule has 0 saturated carbocycles. The fourth-order valence-corrected chi connectivity index (χ4v) is 7.26. The number of esters is 1. The summed E-state index contributed by atoms with van der Waals surface area (Å²) in [5, 5.41) is 23.6. The zero-order valence-electron chi connectivity index (χ0n) is 39.3. The van der Waals surface area contributed by atoms with Crippen molar-refractivity contribution in [2.75, 3.05) is 6.61 Å². The first-order chi connectivity index (χ1) is 29.5. The molecule has 0 heterocycles. The molecule has 0 aromatic carbocycles. The van der Waals surface area contributed by atoms with Crippen molar-refractivity contribution in [1.82, 2.24) is 5.32 Å². The van der Waals surface area contributed by atoms with Crippen LogP contribution in [0.5, 0.6) is 0 Å². The van der Waals surface area contributed by atoms with E-state index in [9.17, 15) is 19.8 Å². The standard InChI is InChI=1S/C54H95NO5/c1-4-7-10-13-16-19-21-23-25-27-29-31-34-36-39-42-45-50(48-53(58)55-51(49-56)52(57)46-43-40-37-33-18-15-12-9-6-3)60-54(59)47-44-41-38-35-32-30-28-26-24-22-20-17-14-11-8-5-2/h16,19,21,23,25-32,50-52,56-57H,4-15,17-18,20,22,24,33-49H2,1-3H3,(H,55,58)/b19-16+,23-21+,27-25+,28-26+,31-29+,32-30+. The second kappa shape index (κ2) is 47.4. The molecule has 0 fully saturated rings. The van der Waals surface area contributed by atoms with E-state index in [-0.39, 0.29) is 24.9 Å². The minimum absolute atomic E-state index is 0.0381. The lowest BCUT2D eigenvalue weighted by Crippen LogP contribution is -2.46. The van der Waals surface area contributed by atoms with Gasteiger partial charge in [-0.1, -0.05) is 216 Å². The van der Waals surface area contributed by atoms with E-state index in [4.69, 9.17) is 4.74 Å². The van der Waals surface area contributed by atoms with Crippen LogP contribution >= 0.6 is 0 Å². The summed E-state index contributed by atoms with van der Waals surface area (Å²) < 4.78 is 5.90. The Labute approximate surface area is 371 Å². The van der Waals surface area contributed by atoms with Gasteiger partial charge in [0.25, 0.3) is 0 Å². The maximum absolute atomic E-state index is 13.2. The number of allylic oxidation sites excluding steroid dienone is 12. The van der Waals surface area contributed by atoms with E-state index in [1.54, 1.807) is 0 Å². The van der Waals surface area contributed by atoms with Crippen LogP contribution in [0.4, 0.5) is 0 Å². The largest absolute Gasteiger partial charge is 0.462 e. The van der Waals surface area contributed by atoms with Gasteiger partial charge in [0, 0.05) is 6.42 Å². The number of hydrogen-bond acceptors (Lipinski definition) is 5. The molecule has 0 spiro atoms. The van der Waals surface area contributed by atoms with Crippen LogP contribution in [0.25, 0.3) is 0 Å². The minimum Gasteiger partial charge on any atom is -0.462 e. The highest BCUT2D eigenvalue weighted by atomic mass is 16.5. The normalized spacial score (nSPS) is 13.9. The summed E-state index contributed by atoms with van der Waals surface area (Å²) >= 11 is 0. The number of nitrogens with one attached hydrogen (secondary N) is 1. The molecular weight excluding hydrogens is 743 g/mol. The van der Waals surface area contributed by atoms with Crippen molar-refractivity contribution in [2.45, 2.75) is 251 Å². The summed E-state index contributed by atoms with van der Waals surface area (Å²) in [6.07, 6.45) is 59.6. The number of carbonyl (C=O) groups is 2. The van der Waals surface area contributed by atoms with Gasteiger partial charge in [0.1, 0.15) is 6.10 Å². The average Bonchev–Trinajstić information content (AvgIpc) is 3.24. The van der Waals surface area contributed by atoms with E-state index < -0.39 is 18.2 Å². The van der Waals surface area contributed by atoms with Crippen molar-refractivity contribution in [1.29, 1.82) is 0 Å². The van der Waals surface area contributed by atoms with Crippen molar-refractivity contribution >= 4 is 11.9 Å². The van der Waals surface area contributed by atoms with E-state index in [0.717, 1.165) is 83.5 Å². The Bertz CT molecular complexity index is 1120. The molecule has 0 aliphatic carbocycles. The zero-order chi connectivity index (χ0) is 43.8. The number of aliphatic hydroxyl groups is 2. The molecule has 0 bridgehead atoms. The van der Waals surface area contributed by atoms with Gasteiger partial charge in [0.05, 0.1) is 25.2 Å². The van der Waals surface area contributed by atoms with E-state index in [1.165, 1.54) is 103 Å². The highest BCUT2D eigenvalue weighted by molar-refractivity contribution is 5.77. The monoisotopic (exact) mass is 838 g/mol. The Balaban J connectivity index is 4.74. The summed E-state index contributed by atoms with van der Waals surface area (Å²) in [5.41, 5.74) is 0. The fourth-order valence-electron chi connectivity index (χ4n) is 7.26. The van der Waals surface area contributed by atoms with Gasteiger partial charge in [0.2, 0.25) is 5.91 Å². The van der Waals surface area contributed by atoms with Crippen LogP contribution in [0, 0.1) is 0 Å². The van der Waals surface area contributed by atoms with Crippen molar-refractivity contribution in [3.05, 3.63) is 72.9 Å². The van der Waals surface area contributed by atoms with Gasteiger partial charge >= 0.3 is 5.97 Å². The summed E-state index contributed by atoms with van der Waals surface area (Å²) in [7, 11) is 0. The molecular formula is C54H95NO5. The molecule has 60 heavy (non-hydrogen) atoms. The Morgan fingerprint density at radius 1 is 0.483 bits per heavy atom. The van der Waals surface area contributed by atoms with Gasteiger partial charge in [0.15, 0.2) is 0 Å². The number of amides is 1. The van der Waals surface area contributed by atoms with Gasteiger partial charge in [-0.05, 0) is 77.0 Å². The first kappa shape index (κ1) is 57.3. The van der Waals surface area contributed by atoms with Crippen LogP contribution in [0.1, 0.15) is 233 Å². The first-order valence-corrected chi connectivity index (χ1v) is 25.2. The van der Waals surface area contributed by atoms with Crippen molar-refractivity contribution in [2.24, 2.45) is 0 Å². The van der Waals surface area contributed by atoms with Gasteiger partial charge in [-0.25, -0.2) is 0 Å². The summed E-state index contributed by atoms with van der Waals surface area (Å²) in [6, 6.07) is -0.721. The Morgan fingerprint density at radius 2 is 0.850 bits per heavy atom. The molecule has 0 saturated heterocycles. The SMILES string of the molecule is CCCCC/C=C/C=C/C=C/C=C/CCCCCC(CC(=O)NC(CO)C(O)CCCCCCCCCCC)OC(=O)CCCCC/C=C/C=C/CCCCCCCCC. The summed E-state index contributed by atoms with van der Waals surface area (Å²) in [6.45, 7) is 6.39. The second-order valence-corrected chi connectivity index (χ2v) is 17.0. The van der Waals surface area contributed by atoms with Crippen molar-refractivity contribution < 1.29 is 24.5 Å². The molecule has 0 aliphatic heterocycles. The smallest absolute Gasteiger partial charge is 0.306 e. The molecule has 0 radical (unpaired) electrons. The number of rotatable bonds is 44. The maximum atomic E-state index is 13.2. The first-order valence-electron chi connectivity index (χ1n) is 25.2. The van der Waals surface area contributed by atoms with Crippen LogP contribution in [0.15, 0.2) is 72.9 Å². The van der Waals surface area contributed by atoms with Crippen LogP contribution < -0.4 is 5.32 Å². The van der Waals surface area contributed by atoms with Gasteiger partial charge in [-0.15, -0.1) is 0 Å². The lowest BCUT2D eigenvalue weighted by Gasteiger charge is -2.24. The van der Waals surface area contributed by atoms with Crippen LogP contribution in [-0.4, -0.2) is 46.9 Å². The molecule has 0 aliphatic rings. The average molecular weight is 838 g/mol. The molecule has 3 unspecified atom stereocenters. The predicted molar refractivity (Wildman–Crippen MR) is 259 cm³/mol. The van der Waals surface area contributed by atoms with Crippen molar-refractivity contribution in [3.63, 3.8) is 0 Å². The molecule has 3 N–H and O–H groups in total. The van der Waals surface area contributed by atoms with E-state index in [1.807, 2.05) is 6.08 Å². The van der Waals surface area contributed by atoms with Gasteiger partial charge < -0.3 is 20.3 Å². The Kier molecular flexibility index (Phi) is 45.2. The quantitative estimate of drug-likeness (QED) is 0.0323. The molecule has 0 aromatic rings. The van der Waals surface area contributed by atoms with Gasteiger partial charge in [-0.2, -0.15) is 0 Å². The highest BCUT2D eigenvalue weighted by Gasteiger charge is 2.24. The van der Waals surface area contributed by atoms with Crippen LogP contribution in [-0.2, 0) is 14.3 Å². The minimum atomic E-state index is -0.804. The third-order valence-corrected chi connectivity index (χ3v) is 11.1. The number of aliphatic hydroxyl groups excluding tert-OH is 2. The lowest BCUT2D eigenvalue weighted by molar-refractivity contribution is -0.151. The number of carbonyl (C=O) groups excluding carboxylic acids is 2. The van der Waals surface area contributed by atoms with E-state index in [0.29, 0.717) is 19.3 Å². The van der Waals surface area contributed by atoms with Crippen molar-refractivity contribution in [3.8, 4) is 0 Å². The molecule has 3 atom stereocenters. The summed E-state index contributed by atoms with van der Waals surface area (Å²) in [5.74, 6) is -0.548. The molecule has 6 nitrogen and oxygen atoms in total. The summed E-state index contributed by atoms with van der Waals surface area (Å²) in [4.78, 5) is 26.1. The number of unbranched alkanes of at least 4 members (excludes halogenated alkanes) is 24. The Morgan fingerprint density at radius 3 is 1.35 bits per heavy atom. The third-order valence-electron chi connectivity index (χ3n) is 11.1.